The molecule has 0 saturated carbocycles. The van der Waals surface area contributed by atoms with Crippen LogP contribution in [0.15, 0.2) is 27.4 Å². The summed E-state index contributed by atoms with van der Waals surface area (Å²) in [4.78, 5) is 13.3. The van der Waals surface area contributed by atoms with Crippen LogP contribution < -0.4 is 10.2 Å². The minimum absolute atomic E-state index is 0.0441. The molecular weight excluding hydrogens is 540 g/mol. The van der Waals surface area contributed by atoms with Gasteiger partial charge < -0.3 is 69.3 Å². The van der Waals surface area contributed by atoms with E-state index in [-0.39, 0.29) is 28.1 Å². The van der Waals surface area contributed by atoms with Crippen LogP contribution in [0.5, 0.6) is 23.0 Å². The normalized spacial score (nSPS) is 32.6. The standard InChI is InChI=1S/C25H28O15/c1-36-12-2-8-11(3-9(12)27)39-13-4-10(28)15(19(31)16(13)17(8)29)22-21(33)20(32)18(30)14(40-22)5-37-24-23(34)25(35,6-26)7-38-24/h2-4,14,18,20-24,26-28,30-35H,5-7H2,1H3/t14-,18-,20+,21-,22+,23+,24?,25-/m1/s1. The largest absolute Gasteiger partial charge is 0.507 e. The molecule has 3 heterocycles. The van der Waals surface area contributed by atoms with E-state index in [1.54, 1.807) is 0 Å². The molecule has 2 aromatic carbocycles. The summed E-state index contributed by atoms with van der Waals surface area (Å²) in [5, 5.41) is 92.6. The van der Waals surface area contributed by atoms with Crippen LogP contribution in [-0.4, -0.2) is 115 Å². The third kappa shape index (κ3) is 4.41. The minimum atomic E-state index is -1.98. The van der Waals surface area contributed by atoms with E-state index in [0.29, 0.717) is 0 Å². The molecule has 218 valence electrons. The summed E-state index contributed by atoms with van der Waals surface area (Å²) in [5.74, 6) is -1.90. The summed E-state index contributed by atoms with van der Waals surface area (Å²) >= 11 is 0. The Balaban J connectivity index is 1.51. The average molecular weight is 568 g/mol. The van der Waals surface area contributed by atoms with Crippen molar-refractivity contribution in [3.63, 3.8) is 0 Å². The Hall–Kier alpha value is -3.25. The SMILES string of the molecule is COc1cc2c(=O)c3c(O)c([C@@H]4O[C@H](COC5OC[C@](O)(CO)[C@H]5O)[C@@H](O)[C@H](O)[C@H]4O)c(O)cc3oc2cc1O. The lowest BCUT2D eigenvalue weighted by atomic mass is 9.89. The van der Waals surface area contributed by atoms with Crippen molar-refractivity contribution >= 4 is 21.9 Å². The molecule has 2 fully saturated rings. The first-order valence-corrected chi connectivity index (χ1v) is 12.1. The Kier molecular flexibility index (Phi) is 7.28. The van der Waals surface area contributed by atoms with Crippen molar-refractivity contribution in [1.29, 1.82) is 0 Å². The maximum atomic E-state index is 13.3. The summed E-state index contributed by atoms with van der Waals surface area (Å²) in [5.41, 5.74) is -3.60. The van der Waals surface area contributed by atoms with Crippen LogP contribution in [-0.2, 0) is 14.2 Å². The van der Waals surface area contributed by atoms with Crippen molar-refractivity contribution in [1.82, 2.24) is 0 Å². The lowest BCUT2D eigenvalue weighted by molar-refractivity contribution is -0.253. The number of aliphatic hydroxyl groups excluding tert-OH is 5. The number of ether oxygens (including phenoxy) is 4. The van der Waals surface area contributed by atoms with E-state index in [0.717, 1.165) is 12.1 Å². The molecule has 2 aliphatic rings. The Labute approximate surface area is 224 Å². The maximum absolute atomic E-state index is 13.3. The molecule has 1 aromatic heterocycles. The van der Waals surface area contributed by atoms with E-state index >= 15 is 0 Å². The number of phenolic OH excluding ortho intramolecular Hbond substituents is 3. The van der Waals surface area contributed by atoms with Gasteiger partial charge >= 0.3 is 0 Å². The van der Waals surface area contributed by atoms with Crippen LogP contribution in [0.2, 0.25) is 0 Å². The number of hydrogen-bond acceptors (Lipinski definition) is 15. The van der Waals surface area contributed by atoms with Crippen molar-refractivity contribution in [2.24, 2.45) is 0 Å². The second-order valence-electron chi connectivity index (χ2n) is 9.77. The highest BCUT2D eigenvalue weighted by Gasteiger charge is 2.50. The lowest BCUT2D eigenvalue weighted by Gasteiger charge is -2.41. The van der Waals surface area contributed by atoms with Gasteiger partial charge in [0.1, 0.15) is 70.3 Å². The third-order valence-electron chi connectivity index (χ3n) is 7.26. The van der Waals surface area contributed by atoms with Crippen molar-refractivity contribution in [2.45, 2.75) is 48.5 Å². The monoisotopic (exact) mass is 568 g/mol. The molecule has 0 amide bonds. The number of aliphatic hydroxyl groups is 6. The van der Waals surface area contributed by atoms with Crippen molar-refractivity contribution in [2.75, 3.05) is 26.9 Å². The Morgan fingerprint density at radius 1 is 1.00 bits per heavy atom. The first kappa shape index (κ1) is 28.3. The zero-order valence-electron chi connectivity index (χ0n) is 20.9. The van der Waals surface area contributed by atoms with E-state index < -0.39 is 96.2 Å². The van der Waals surface area contributed by atoms with E-state index in [1.165, 1.54) is 13.2 Å². The predicted molar refractivity (Wildman–Crippen MR) is 131 cm³/mol. The summed E-state index contributed by atoms with van der Waals surface area (Å²) in [6.45, 7) is -1.84. The quantitative estimate of drug-likeness (QED) is 0.147. The Morgan fingerprint density at radius 3 is 2.35 bits per heavy atom. The molecule has 5 rings (SSSR count). The number of phenols is 3. The molecule has 0 bridgehead atoms. The number of benzene rings is 2. The zero-order chi connectivity index (χ0) is 29.1. The zero-order valence-corrected chi connectivity index (χ0v) is 20.9. The molecule has 15 nitrogen and oxygen atoms in total. The fourth-order valence-corrected chi connectivity index (χ4v) is 4.91. The average Bonchev–Trinajstić information content (AvgIpc) is 3.21. The van der Waals surface area contributed by atoms with Gasteiger partial charge in [-0.2, -0.15) is 0 Å². The van der Waals surface area contributed by atoms with Gasteiger partial charge in [-0.3, -0.25) is 4.79 Å². The summed E-state index contributed by atoms with van der Waals surface area (Å²) in [7, 11) is 1.27. The summed E-state index contributed by atoms with van der Waals surface area (Å²) < 4.78 is 26.8. The second kappa shape index (κ2) is 10.3. The van der Waals surface area contributed by atoms with Gasteiger partial charge in [-0.05, 0) is 6.07 Å². The van der Waals surface area contributed by atoms with Gasteiger partial charge in [-0.25, -0.2) is 0 Å². The van der Waals surface area contributed by atoms with Crippen LogP contribution in [0.25, 0.3) is 21.9 Å². The molecular formula is C25H28O15. The predicted octanol–water partition coefficient (Wildman–Crippen LogP) is -1.95. The van der Waals surface area contributed by atoms with Gasteiger partial charge in [-0.1, -0.05) is 0 Å². The molecule has 40 heavy (non-hydrogen) atoms. The highest BCUT2D eigenvalue weighted by molar-refractivity contribution is 5.96. The minimum Gasteiger partial charge on any atom is -0.507 e. The first-order valence-electron chi connectivity index (χ1n) is 12.1. The second-order valence-corrected chi connectivity index (χ2v) is 9.77. The molecule has 2 aliphatic heterocycles. The fourth-order valence-electron chi connectivity index (χ4n) is 4.91. The molecule has 0 aliphatic carbocycles. The number of rotatable bonds is 6. The molecule has 0 spiro atoms. The third-order valence-corrected chi connectivity index (χ3v) is 7.26. The molecule has 15 heteroatoms. The number of fused-ring (bicyclic) bond motifs is 2. The molecule has 8 atom stereocenters. The molecule has 2 saturated heterocycles. The fraction of sp³-hybridized carbons (Fsp3) is 0.480. The van der Waals surface area contributed by atoms with Gasteiger partial charge in [0.05, 0.1) is 37.9 Å². The molecule has 0 radical (unpaired) electrons. The highest BCUT2D eigenvalue weighted by atomic mass is 16.7. The Morgan fingerprint density at radius 2 is 1.70 bits per heavy atom. The Bertz CT molecular complexity index is 1490. The summed E-state index contributed by atoms with van der Waals surface area (Å²) in [6.07, 6.45) is -11.8. The molecule has 9 N–H and O–H groups in total. The van der Waals surface area contributed by atoms with Gasteiger partial charge in [0, 0.05) is 12.1 Å². The lowest BCUT2D eigenvalue weighted by Crippen LogP contribution is -2.56. The topological polar surface area (TPSA) is 249 Å². The van der Waals surface area contributed by atoms with Gasteiger partial charge in [0.15, 0.2) is 17.8 Å². The van der Waals surface area contributed by atoms with E-state index in [9.17, 15) is 50.8 Å². The van der Waals surface area contributed by atoms with Gasteiger partial charge in [0.25, 0.3) is 0 Å². The van der Waals surface area contributed by atoms with Crippen LogP contribution in [0, 0.1) is 0 Å². The number of hydrogen-bond donors (Lipinski definition) is 9. The van der Waals surface area contributed by atoms with Crippen LogP contribution in [0.3, 0.4) is 0 Å². The summed E-state index contributed by atoms with van der Waals surface area (Å²) in [6, 6.07) is 3.29. The van der Waals surface area contributed by atoms with E-state index in [4.69, 9.17) is 23.4 Å². The maximum Gasteiger partial charge on any atom is 0.204 e. The van der Waals surface area contributed by atoms with Crippen molar-refractivity contribution < 1.29 is 69.3 Å². The van der Waals surface area contributed by atoms with E-state index in [2.05, 4.69) is 0 Å². The van der Waals surface area contributed by atoms with Crippen molar-refractivity contribution in [3.05, 3.63) is 34.0 Å². The number of aromatic hydroxyl groups is 3. The number of methoxy groups -OCH3 is 1. The van der Waals surface area contributed by atoms with Gasteiger partial charge in [-0.15, -0.1) is 0 Å². The van der Waals surface area contributed by atoms with Crippen LogP contribution >= 0.6 is 0 Å². The van der Waals surface area contributed by atoms with E-state index in [1.807, 2.05) is 0 Å². The molecule has 3 aromatic rings. The van der Waals surface area contributed by atoms with Crippen LogP contribution in [0.4, 0.5) is 0 Å². The highest BCUT2D eigenvalue weighted by Crippen LogP contribution is 2.45. The molecule has 1 unspecified atom stereocenters. The van der Waals surface area contributed by atoms with Crippen molar-refractivity contribution in [3.8, 4) is 23.0 Å². The van der Waals surface area contributed by atoms with Crippen LogP contribution in [0.1, 0.15) is 11.7 Å². The van der Waals surface area contributed by atoms with Gasteiger partial charge in [0.2, 0.25) is 5.43 Å². The smallest absolute Gasteiger partial charge is 0.204 e. The first-order chi connectivity index (χ1) is 18.9.